The molecule has 0 saturated carbocycles. The molecular formula is C14H11Cl2N3O. The van der Waals surface area contributed by atoms with Crippen LogP contribution in [0.2, 0.25) is 10.0 Å². The summed E-state index contributed by atoms with van der Waals surface area (Å²) in [5, 5.41) is 10.2. The third-order valence-electron chi connectivity index (χ3n) is 3.05. The van der Waals surface area contributed by atoms with Gasteiger partial charge in [-0.15, -0.1) is 0 Å². The number of aliphatic hydroxyl groups is 1. The highest BCUT2D eigenvalue weighted by Crippen LogP contribution is 2.31. The Balaban J connectivity index is 2.28. The molecule has 0 aliphatic carbocycles. The van der Waals surface area contributed by atoms with E-state index < -0.39 is 0 Å². The molecule has 0 aliphatic rings. The van der Waals surface area contributed by atoms with Crippen LogP contribution in [-0.2, 0) is 6.54 Å². The fraction of sp³-hybridized carbons (Fsp3) is 0.143. The zero-order valence-corrected chi connectivity index (χ0v) is 11.9. The van der Waals surface area contributed by atoms with E-state index in [0.717, 1.165) is 22.4 Å². The minimum Gasteiger partial charge on any atom is -0.395 e. The Kier molecular flexibility index (Phi) is 3.61. The first-order valence-electron chi connectivity index (χ1n) is 6.07. The van der Waals surface area contributed by atoms with Gasteiger partial charge in [-0.2, -0.15) is 0 Å². The molecule has 1 N–H and O–H groups in total. The average Bonchev–Trinajstić information content (AvgIpc) is 2.79. The third-order valence-corrected chi connectivity index (χ3v) is 3.77. The van der Waals surface area contributed by atoms with E-state index in [1.807, 2.05) is 16.7 Å². The quantitative estimate of drug-likeness (QED) is 0.807. The van der Waals surface area contributed by atoms with Crippen molar-refractivity contribution >= 4 is 34.2 Å². The van der Waals surface area contributed by atoms with Crippen LogP contribution in [0.1, 0.15) is 0 Å². The number of hydrogen-bond donors (Lipinski definition) is 1. The Labute approximate surface area is 125 Å². The lowest BCUT2D eigenvalue weighted by Crippen LogP contribution is -2.04. The van der Waals surface area contributed by atoms with Crippen LogP contribution in [0.15, 0.2) is 36.7 Å². The Morgan fingerprint density at radius 1 is 1.10 bits per heavy atom. The van der Waals surface area contributed by atoms with Crippen LogP contribution in [0.25, 0.3) is 22.4 Å². The summed E-state index contributed by atoms with van der Waals surface area (Å²) in [5.41, 5.74) is 2.52. The molecule has 0 fully saturated rings. The van der Waals surface area contributed by atoms with Crippen molar-refractivity contribution in [3.8, 4) is 11.4 Å². The fourth-order valence-corrected chi connectivity index (χ4v) is 2.48. The summed E-state index contributed by atoms with van der Waals surface area (Å²) >= 11 is 12.1. The first-order chi connectivity index (χ1) is 9.70. The maximum Gasteiger partial charge on any atom is 0.141 e. The Bertz CT molecular complexity index is 756. The number of hydrogen-bond acceptors (Lipinski definition) is 3. The van der Waals surface area contributed by atoms with Crippen molar-refractivity contribution in [2.75, 3.05) is 6.61 Å². The minimum absolute atomic E-state index is 0.0176. The van der Waals surface area contributed by atoms with Gasteiger partial charge in [0.1, 0.15) is 5.82 Å². The van der Waals surface area contributed by atoms with E-state index in [4.69, 9.17) is 23.2 Å². The van der Waals surface area contributed by atoms with Gasteiger partial charge in [0, 0.05) is 24.5 Å². The Morgan fingerprint density at radius 2 is 1.80 bits per heavy atom. The summed E-state index contributed by atoms with van der Waals surface area (Å²) in [6, 6.07) is 7.25. The fourth-order valence-electron chi connectivity index (χ4n) is 2.17. The van der Waals surface area contributed by atoms with E-state index in [1.54, 1.807) is 24.5 Å². The number of benzene rings is 1. The zero-order valence-electron chi connectivity index (χ0n) is 10.4. The van der Waals surface area contributed by atoms with Crippen molar-refractivity contribution in [2.45, 2.75) is 6.54 Å². The molecule has 2 aromatic heterocycles. The average molecular weight is 308 g/mol. The van der Waals surface area contributed by atoms with E-state index in [2.05, 4.69) is 9.97 Å². The van der Waals surface area contributed by atoms with Crippen LogP contribution >= 0.6 is 23.2 Å². The molecule has 3 aromatic rings. The van der Waals surface area contributed by atoms with Crippen LogP contribution in [0.5, 0.6) is 0 Å². The van der Waals surface area contributed by atoms with Crippen molar-refractivity contribution in [3.05, 3.63) is 46.7 Å². The van der Waals surface area contributed by atoms with Gasteiger partial charge < -0.3 is 9.67 Å². The van der Waals surface area contributed by atoms with Gasteiger partial charge in [0.2, 0.25) is 0 Å². The minimum atomic E-state index is 0.0176. The van der Waals surface area contributed by atoms with Crippen molar-refractivity contribution in [1.29, 1.82) is 0 Å². The molecule has 2 heterocycles. The van der Waals surface area contributed by atoms with Crippen LogP contribution < -0.4 is 0 Å². The van der Waals surface area contributed by atoms with E-state index in [0.29, 0.717) is 16.6 Å². The number of nitrogens with zero attached hydrogens (tertiary/aromatic N) is 3. The highest BCUT2D eigenvalue weighted by molar-refractivity contribution is 6.42. The standard InChI is InChI=1S/C14H11Cl2N3O/c15-10-7-12-13(8-11(10)16)19(5-6-20)14(18-12)9-1-3-17-4-2-9/h1-4,7-8,20H,5-6H2. The normalized spacial score (nSPS) is 11.2. The smallest absolute Gasteiger partial charge is 0.141 e. The molecule has 20 heavy (non-hydrogen) atoms. The van der Waals surface area contributed by atoms with Gasteiger partial charge >= 0.3 is 0 Å². The molecule has 0 saturated heterocycles. The number of aromatic nitrogens is 3. The summed E-state index contributed by atoms with van der Waals surface area (Å²) in [6.45, 7) is 0.454. The molecule has 1 aromatic carbocycles. The van der Waals surface area contributed by atoms with Crippen LogP contribution in [0.3, 0.4) is 0 Å². The zero-order chi connectivity index (χ0) is 14.1. The van der Waals surface area contributed by atoms with Crippen LogP contribution in [-0.4, -0.2) is 26.2 Å². The number of aliphatic hydroxyl groups excluding tert-OH is 1. The molecule has 0 spiro atoms. The van der Waals surface area contributed by atoms with E-state index in [9.17, 15) is 5.11 Å². The number of imidazole rings is 1. The topological polar surface area (TPSA) is 50.9 Å². The van der Waals surface area contributed by atoms with E-state index in [-0.39, 0.29) is 6.61 Å². The largest absolute Gasteiger partial charge is 0.395 e. The lowest BCUT2D eigenvalue weighted by molar-refractivity contribution is 0.278. The predicted octanol–water partition coefficient (Wildman–Crippen LogP) is 3.40. The van der Waals surface area contributed by atoms with Gasteiger partial charge in [-0.1, -0.05) is 23.2 Å². The molecule has 0 amide bonds. The first-order valence-corrected chi connectivity index (χ1v) is 6.83. The van der Waals surface area contributed by atoms with Crippen LogP contribution in [0, 0.1) is 0 Å². The lowest BCUT2D eigenvalue weighted by atomic mass is 10.2. The SMILES string of the molecule is OCCn1c(-c2ccncc2)nc2cc(Cl)c(Cl)cc21. The molecule has 6 heteroatoms. The second-order valence-corrected chi connectivity index (χ2v) is 5.12. The van der Waals surface area contributed by atoms with Crippen LogP contribution in [0.4, 0.5) is 0 Å². The summed E-state index contributed by atoms with van der Waals surface area (Å²) in [7, 11) is 0. The molecule has 0 atom stereocenters. The number of fused-ring (bicyclic) bond motifs is 1. The molecule has 0 unspecified atom stereocenters. The molecule has 3 rings (SSSR count). The maximum absolute atomic E-state index is 9.27. The Morgan fingerprint density at radius 3 is 2.50 bits per heavy atom. The third kappa shape index (κ3) is 2.26. The van der Waals surface area contributed by atoms with Crippen molar-refractivity contribution in [2.24, 2.45) is 0 Å². The van der Waals surface area contributed by atoms with Gasteiger partial charge in [0.15, 0.2) is 0 Å². The predicted molar refractivity (Wildman–Crippen MR) is 80.1 cm³/mol. The molecular weight excluding hydrogens is 297 g/mol. The highest BCUT2D eigenvalue weighted by atomic mass is 35.5. The second-order valence-electron chi connectivity index (χ2n) is 4.30. The summed E-state index contributed by atoms with van der Waals surface area (Å²) < 4.78 is 1.92. The van der Waals surface area contributed by atoms with Gasteiger partial charge in [0.05, 0.1) is 27.7 Å². The lowest BCUT2D eigenvalue weighted by Gasteiger charge is -2.07. The molecule has 4 nitrogen and oxygen atoms in total. The molecule has 0 radical (unpaired) electrons. The summed E-state index contributed by atoms with van der Waals surface area (Å²) in [6.07, 6.45) is 3.41. The van der Waals surface area contributed by atoms with E-state index >= 15 is 0 Å². The molecule has 102 valence electrons. The Hall–Kier alpha value is -1.62. The number of halogens is 2. The maximum atomic E-state index is 9.27. The van der Waals surface area contributed by atoms with Crippen molar-refractivity contribution < 1.29 is 5.11 Å². The van der Waals surface area contributed by atoms with Gasteiger partial charge in [0.25, 0.3) is 0 Å². The summed E-state index contributed by atoms with van der Waals surface area (Å²) in [5.74, 6) is 0.759. The monoisotopic (exact) mass is 307 g/mol. The van der Waals surface area contributed by atoms with Gasteiger partial charge in [-0.05, 0) is 24.3 Å². The highest BCUT2D eigenvalue weighted by Gasteiger charge is 2.14. The molecule has 0 aliphatic heterocycles. The number of rotatable bonds is 3. The molecule has 0 bridgehead atoms. The van der Waals surface area contributed by atoms with Crippen molar-refractivity contribution in [3.63, 3.8) is 0 Å². The number of pyridine rings is 1. The van der Waals surface area contributed by atoms with Crippen molar-refractivity contribution in [1.82, 2.24) is 14.5 Å². The van der Waals surface area contributed by atoms with Gasteiger partial charge in [-0.25, -0.2) is 4.98 Å². The second kappa shape index (κ2) is 5.40. The van der Waals surface area contributed by atoms with Gasteiger partial charge in [-0.3, -0.25) is 4.98 Å². The van der Waals surface area contributed by atoms with E-state index in [1.165, 1.54) is 0 Å². The first kappa shape index (κ1) is 13.4. The summed E-state index contributed by atoms with van der Waals surface area (Å²) in [4.78, 5) is 8.58.